The summed E-state index contributed by atoms with van der Waals surface area (Å²) in [5.74, 6) is 0. The van der Waals surface area contributed by atoms with E-state index in [-0.39, 0.29) is 0 Å². The van der Waals surface area contributed by atoms with E-state index >= 15 is 0 Å². The lowest BCUT2D eigenvalue weighted by atomic mass is 9.78. The van der Waals surface area contributed by atoms with Crippen molar-refractivity contribution in [2.24, 2.45) is 5.41 Å². The molecule has 1 aromatic rings. The number of nitrogens with two attached hydrogens (primary N) is 1. The van der Waals surface area contributed by atoms with E-state index in [4.69, 9.17) is 5.73 Å². The van der Waals surface area contributed by atoms with Gasteiger partial charge in [-0.1, -0.05) is 20.3 Å². The van der Waals surface area contributed by atoms with Gasteiger partial charge in [-0.3, -0.25) is 4.90 Å². The van der Waals surface area contributed by atoms with Gasteiger partial charge >= 0.3 is 0 Å². The third kappa shape index (κ3) is 2.74. The molecule has 0 aromatic carbocycles. The van der Waals surface area contributed by atoms with Gasteiger partial charge in [-0.15, -0.1) is 11.3 Å². The molecule has 0 aliphatic carbocycles. The molecule has 0 atom stereocenters. The maximum atomic E-state index is 5.64. The predicted octanol–water partition coefficient (Wildman–Crippen LogP) is 2.74. The molecule has 2 heterocycles. The molecule has 16 heavy (non-hydrogen) atoms. The Bertz CT molecular complexity index is 340. The second-order valence-corrected chi connectivity index (χ2v) is 6.01. The van der Waals surface area contributed by atoms with Crippen LogP contribution in [-0.2, 0) is 6.54 Å². The van der Waals surface area contributed by atoms with Gasteiger partial charge in [0.1, 0.15) is 0 Å². The maximum Gasteiger partial charge on any atom is 0.180 e. The molecule has 90 valence electrons. The van der Waals surface area contributed by atoms with Crippen molar-refractivity contribution in [3.8, 4) is 0 Å². The van der Waals surface area contributed by atoms with Gasteiger partial charge in [-0.2, -0.15) is 0 Å². The standard InChI is InChI=1S/C12H21N3S/c1-3-12(2)4-6-15(7-5-12)8-10-9-16-11(13)14-10/h9H,3-8H2,1-2H3,(H2,13,14). The number of thiazole rings is 1. The van der Waals surface area contributed by atoms with Gasteiger partial charge in [0.05, 0.1) is 5.69 Å². The second-order valence-electron chi connectivity index (χ2n) is 5.12. The van der Waals surface area contributed by atoms with E-state index in [0.717, 1.165) is 12.2 Å². The lowest BCUT2D eigenvalue weighted by molar-refractivity contribution is 0.109. The highest BCUT2D eigenvalue weighted by molar-refractivity contribution is 7.13. The Morgan fingerprint density at radius 3 is 2.69 bits per heavy atom. The zero-order valence-electron chi connectivity index (χ0n) is 10.2. The minimum absolute atomic E-state index is 0.567. The third-order valence-electron chi connectivity index (χ3n) is 3.87. The molecule has 1 saturated heterocycles. The highest BCUT2D eigenvalue weighted by Crippen LogP contribution is 2.34. The first kappa shape index (κ1) is 11.9. The zero-order valence-corrected chi connectivity index (χ0v) is 11.0. The van der Waals surface area contributed by atoms with Crippen molar-refractivity contribution < 1.29 is 0 Å². The summed E-state index contributed by atoms with van der Waals surface area (Å²) in [6.45, 7) is 8.07. The molecule has 3 nitrogen and oxygen atoms in total. The monoisotopic (exact) mass is 239 g/mol. The molecular formula is C12H21N3S. The van der Waals surface area contributed by atoms with E-state index in [1.807, 2.05) is 0 Å². The highest BCUT2D eigenvalue weighted by atomic mass is 32.1. The molecule has 0 amide bonds. The van der Waals surface area contributed by atoms with Gasteiger partial charge in [0.15, 0.2) is 5.13 Å². The molecule has 0 spiro atoms. The molecule has 2 N–H and O–H groups in total. The van der Waals surface area contributed by atoms with Crippen molar-refractivity contribution in [1.82, 2.24) is 9.88 Å². The van der Waals surface area contributed by atoms with Crippen molar-refractivity contribution in [1.29, 1.82) is 0 Å². The fourth-order valence-corrected chi connectivity index (χ4v) is 2.78. The number of aromatic nitrogens is 1. The zero-order chi connectivity index (χ0) is 11.6. The largest absolute Gasteiger partial charge is 0.375 e. The first-order chi connectivity index (χ1) is 7.61. The Hall–Kier alpha value is -0.610. The van der Waals surface area contributed by atoms with E-state index in [2.05, 4.69) is 29.1 Å². The minimum atomic E-state index is 0.567. The summed E-state index contributed by atoms with van der Waals surface area (Å²) in [6, 6.07) is 0. The average molecular weight is 239 g/mol. The van der Waals surface area contributed by atoms with Crippen molar-refractivity contribution >= 4 is 16.5 Å². The van der Waals surface area contributed by atoms with Crippen LogP contribution in [0.1, 0.15) is 38.8 Å². The first-order valence-electron chi connectivity index (χ1n) is 6.03. The number of nitrogen functional groups attached to an aromatic ring is 1. The fourth-order valence-electron chi connectivity index (χ4n) is 2.23. The van der Waals surface area contributed by atoms with Gasteiger partial charge in [0.25, 0.3) is 0 Å². The summed E-state index contributed by atoms with van der Waals surface area (Å²) < 4.78 is 0. The van der Waals surface area contributed by atoms with Crippen LogP contribution in [0.4, 0.5) is 5.13 Å². The molecule has 0 bridgehead atoms. The van der Waals surface area contributed by atoms with Crippen LogP contribution in [0.15, 0.2) is 5.38 Å². The minimum Gasteiger partial charge on any atom is -0.375 e. The summed E-state index contributed by atoms with van der Waals surface area (Å²) in [7, 11) is 0. The summed E-state index contributed by atoms with van der Waals surface area (Å²) in [6.07, 6.45) is 3.91. The maximum absolute atomic E-state index is 5.64. The topological polar surface area (TPSA) is 42.1 Å². The molecule has 0 unspecified atom stereocenters. The lowest BCUT2D eigenvalue weighted by Crippen LogP contribution is -2.37. The summed E-state index contributed by atoms with van der Waals surface area (Å²) in [5.41, 5.74) is 7.33. The van der Waals surface area contributed by atoms with Crippen LogP contribution in [-0.4, -0.2) is 23.0 Å². The van der Waals surface area contributed by atoms with E-state index in [1.165, 1.54) is 43.7 Å². The van der Waals surface area contributed by atoms with Gasteiger partial charge < -0.3 is 5.73 Å². The summed E-state index contributed by atoms with van der Waals surface area (Å²) >= 11 is 1.54. The summed E-state index contributed by atoms with van der Waals surface area (Å²) in [4.78, 5) is 6.81. The van der Waals surface area contributed by atoms with Crippen LogP contribution in [0.5, 0.6) is 0 Å². The van der Waals surface area contributed by atoms with Crippen molar-refractivity contribution in [3.63, 3.8) is 0 Å². The highest BCUT2D eigenvalue weighted by Gasteiger charge is 2.28. The SMILES string of the molecule is CCC1(C)CCN(Cc2csc(N)n2)CC1. The van der Waals surface area contributed by atoms with E-state index < -0.39 is 0 Å². The van der Waals surface area contributed by atoms with Crippen LogP contribution in [0.2, 0.25) is 0 Å². The van der Waals surface area contributed by atoms with Crippen LogP contribution in [0.25, 0.3) is 0 Å². The molecule has 2 rings (SSSR count). The Kier molecular flexibility index (Phi) is 3.50. The first-order valence-corrected chi connectivity index (χ1v) is 6.91. The van der Waals surface area contributed by atoms with Crippen LogP contribution < -0.4 is 5.73 Å². The Morgan fingerprint density at radius 2 is 2.19 bits per heavy atom. The van der Waals surface area contributed by atoms with Gasteiger partial charge in [0.2, 0.25) is 0 Å². The molecular weight excluding hydrogens is 218 g/mol. The average Bonchev–Trinajstić information content (AvgIpc) is 2.68. The molecule has 0 radical (unpaired) electrons. The lowest BCUT2D eigenvalue weighted by Gasteiger charge is -2.38. The normalized spacial score (nSPS) is 21.1. The van der Waals surface area contributed by atoms with E-state index in [9.17, 15) is 0 Å². The smallest absolute Gasteiger partial charge is 0.180 e. The van der Waals surface area contributed by atoms with Gasteiger partial charge in [-0.25, -0.2) is 4.98 Å². The molecule has 1 aromatic heterocycles. The molecule has 4 heteroatoms. The van der Waals surface area contributed by atoms with E-state index in [1.54, 1.807) is 0 Å². The number of hydrogen-bond donors (Lipinski definition) is 1. The summed E-state index contributed by atoms with van der Waals surface area (Å²) in [5, 5.41) is 2.76. The number of rotatable bonds is 3. The fraction of sp³-hybridized carbons (Fsp3) is 0.750. The molecule has 1 fully saturated rings. The van der Waals surface area contributed by atoms with Crippen LogP contribution >= 0.6 is 11.3 Å². The molecule has 0 saturated carbocycles. The molecule has 1 aliphatic heterocycles. The second kappa shape index (κ2) is 4.72. The molecule has 1 aliphatic rings. The quantitative estimate of drug-likeness (QED) is 0.882. The van der Waals surface area contributed by atoms with Gasteiger partial charge in [0, 0.05) is 11.9 Å². The number of nitrogens with zero attached hydrogens (tertiary/aromatic N) is 2. The van der Waals surface area contributed by atoms with Crippen LogP contribution in [0.3, 0.4) is 0 Å². The Morgan fingerprint density at radius 1 is 1.50 bits per heavy atom. The third-order valence-corrected chi connectivity index (χ3v) is 4.59. The van der Waals surface area contributed by atoms with Crippen molar-refractivity contribution in [3.05, 3.63) is 11.1 Å². The van der Waals surface area contributed by atoms with Gasteiger partial charge in [-0.05, 0) is 31.3 Å². The van der Waals surface area contributed by atoms with Crippen molar-refractivity contribution in [2.75, 3.05) is 18.8 Å². The Labute approximate surface area is 102 Å². The number of likely N-dealkylation sites (tertiary alicyclic amines) is 1. The number of piperidine rings is 1. The van der Waals surface area contributed by atoms with E-state index in [0.29, 0.717) is 10.5 Å². The van der Waals surface area contributed by atoms with Crippen molar-refractivity contribution in [2.45, 2.75) is 39.7 Å². The Balaban J connectivity index is 1.86. The predicted molar refractivity (Wildman–Crippen MR) is 69.4 cm³/mol. The van der Waals surface area contributed by atoms with Crippen LogP contribution in [0, 0.1) is 5.41 Å². The number of hydrogen-bond acceptors (Lipinski definition) is 4. The number of anilines is 1.